The number of hydrogen-bond acceptors (Lipinski definition) is 6. The summed E-state index contributed by atoms with van der Waals surface area (Å²) in [4.78, 5) is 17.8. The van der Waals surface area contributed by atoms with E-state index in [0.29, 0.717) is 47.8 Å². The fourth-order valence-corrected chi connectivity index (χ4v) is 3.56. The quantitative estimate of drug-likeness (QED) is 0.521. The SMILES string of the molecule is CCOCCOCc1cccc(NC(=O)c2sc(-c3ccc(C)o3)nc2C)c1. The number of amides is 1. The summed E-state index contributed by atoms with van der Waals surface area (Å²) in [6, 6.07) is 11.4. The van der Waals surface area contributed by atoms with Crippen LogP contribution in [0.1, 0.15) is 33.6 Å². The lowest BCUT2D eigenvalue weighted by Gasteiger charge is -2.08. The van der Waals surface area contributed by atoms with Gasteiger partial charge in [0.15, 0.2) is 10.8 Å². The van der Waals surface area contributed by atoms with Gasteiger partial charge in [-0.3, -0.25) is 4.79 Å². The maximum absolute atomic E-state index is 12.7. The van der Waals surface area contributed by atoms with Crippen molar-refractivity contribution in [1.29, 1.82) is 0 Å². The van der Waals surface area contributed by atoms with Crippen molar-refractivity contribution < 1.29 is 18.7 Å². The molecule has 28 heavy (non-hydrogen) atoms. The van der Waals surface area contributed by atoms with E-state index in [-0.39, 0.29) is 5.91 Å². The fraction of sp³-hybridized carbons (Fsp3) is 0.333. The molecule has 0 saturated carbocycles. The number of hydrogen-bond donors (Lipinski definition) is 1. The van der Waals surface area contributed by atoms with Crippen LogP contribution in [-0.2, 0) is 16.1 Å². The number of rotatable bonds is 9. The first-order chi connectivity index (χ1) is 13.6. The topological polar surface area (TPSA) is 73.6 Å². The lowest BCUT2D eigenvalue weighted by Crippen LogP contribution is -2.11. The highest BCUT2D eigenvalue weighted by atomic mass is 32.1. The van der Waals surface area contributed by atoms with Crippen LogP contribution in [0, 0.1) is 13.8 Å². The van der Waals surface area contributed by atoms with Crippen LogP contribution >= 0.6 is 11.3 Å². The van der Waals surface area contributed by atoms with Crippen LogP contribution in [-0.4, -0.2) is 30.7 Å². The van der Waals surface area contributed by atoms with Crippen LogP contribution < -0.4 is 5.32 Å². The van der Waals surface area contributed by atoms with Gasteiger partial charge in [-0.25, -0.2) is 4.98 Å². The number of aryl methyl sites for hydroxylation is 2. The van der Waals surface area contributed by atoms with E-state index in [1.54, 1.807) is 0 Å². The van der Waals surface area contributed by atoms with Crippen molar-refractivity contribution in [2.24, 2.45) is 0 Å². The number of anilines is 1. The molecule has 0 atom stereocenters. The second-order valence-corrected chi connectivity index (χ2v) is 7.25. The van der Waals surface area contributed by atoms with Crippen molar-refractivity contribution in [2.45, 2.75) is 27.4 Å². The van der Waals surface area contributed by atoms with E-state index in [1.165, 1.54) is 11.3 Å². The van der Waals surface area contributed by atoms with Crippen molar-refractivity contribution in [3.63, 3.8) is 0 Å². The minimum atomic E-state index is -0.182. The summed E-state index contributed by atoms with van der Waals surface area (Å²) in [5.74, 6) is 1.31. The average Bonchev–Trinajstić information content (AvgIpc) is 3.27. The zero-order valence-electron chi connectivity index (χ0n) is 16.3. The molecule has 2 aromatic heterocycles. The number of carbonyl (C=O) groups excluding carboxylic acids is 1. The summed E-state index contributed by atoms with van der Waals surface area (Å²) in [5.41, 5.74) is 2.39. The third-order valence-electron chi connectivity index (χ3n) is 3.98. The van der Waals surface area contributed by atoms with Crippen LogP contribution in [0.15, 0.2) is 40.8 Å². The zero-order valence-corrected chi connectivity index (χ0v) is 17.1. The van der Waals surface area contributed by atoms with Crippen LogP contribution in [0.25, 0.3) is 10.8 Å². The van der Waals surface area contributed by atoms with Crippen LogP contribution in [0.3, 0.4) is 0 Å². The van der Waals surface area contributed by atoms with Gasteiger partial charge in [-0.1, -0.05) is 12.1 Å². The van der Waals surface area contributed by atoms with Crippen molar-refractivity contribution in [2.75, 3.05) is 25.1 Å². The maximum Gasteiger partial charge on any atom is 0.267 e. The van der Waals surface area contributed by atoms with Gasteiger partial charge in [0.1, 0.15) is 10.6 Å². The number of nitrogens with one attached hydrogen (secondary N) is 1. The lowest BCUT2D eigenvalue weighted by molar-refractivity contribution is 0.0453. The summed E-state index contributed by atoms with van der Waals surface area (Å²) < 4.78 is 16.4. The van der Waals surface area contributed by atoms with Gasteiger partial charge in [-0.05, 0) is 50.6 Å². The smallest absolute Gasteiger partial charge is 0.267 e. The fourth-order valence-electron chi connectivity index (χ4n) is 2.64. The van der Waals surface area contributed by atoms with E-state index >= 15 is 0 Å². The molecule has 7 heteroatoms. The highest BCUT2D eigenvalue weighted by Crippen LogP contribution is 2.29. The lowest BCUT2D eigenvalue weighted by atomic mass is 10.2. The molecule has 0 aliphatic rings. The Hall–Kier alpha value is -2.48. The molecule has 1 amide bonds. The predicted octanol–water partition coefficient (Wildman–Crippen LogP) is 4.83. The summed E-state index contributed by atoms with van der Waals surface area (Å²) in [7, 11) is 0. The van der Waals surface area contributed by atoms with Crippen LogP contribution in [0.4, 0.5) is 5.69 Å². The van der Waals surface area contributed by atoms with Crippen molar-refractivity contribution >= 4 is 22.9 Å². The van der Waals surface area contributed by atoms with Gasteiger partial charge in [0.2, 0.25) is 0 Å². The summed E-state index contributed by atoms with van der Waals surface area (Å²) in [5, 5.41) is 3.64. The second-order valence-electron chi connectivity index (χ2n) is 6.25. The molecule has 3 rings (SSSR count). The third kappa shape index (κ3) is 5.28. The molecule has 0 bridgehead atoms. The molecule has 0 saturated heterocycles. The van der Waals surface area contributed by atoms with Crippen molar-refractivity contribution in [3.8, 4) is 10.8 Å². The van der Waals surface area contributed by atoms with Crippen molar-refractivity contribution in [1.82, 2.24) is 4.98 Å². The molecule has 0 spiro atoms. The van der Waals surface area contributed by atoms with E-state index in [4.69, 9.17) is 13.9 Å². The standard InChI is InChI=1S/C21H24N2O4S/c1-4-25-10-11-26-13-16-6-5-7-17(12-16)23-20(24)19-15(3)22-21(28-19)18-9-8-14(2)27-18/h5-9,12H,4,10-11,13H2,1-3H3,(H,23,24). The minimum Gasteiger partial charge on any atom is -0.459 e. The molecule has 3 aromatic rings. The molecule has 2 heterocycles. The molecule has 0 aliphatic heterocycles. The number of ether oxygens (including phenoxy) is 2. The van der Waals surface area contributed by atoms with E-state index in [0.717, 1.165) is 17.0 Å². The molecule has 1 aromatic carbocycles. The normalized spacial score (nSPS) is 11.0. The Morgan fingerprint density at radius 3 is 2.75 bits per heavy atom. The first-order valence-corrected chi connectivity index (χ1v) is 9.98. The van der Waals surface area contributed by atoms with E-state index in [9.17, 15) is 4.79 Å². The molecular weight excluding hydrogens is 376 g/mol. The Bertz CT molecular complexity index is 932. The first kappa shape index (κ1) is 20.3. The van der Waals surface area contributed by atoms with E-state index < -0.39 is 0 Å². The number of benzene rings is 1. The molecule has 0 radical (unpaired) electrons. The Morgan fingerprint density at radius 2 is 2.00 bits per heavy atom. The Balaban J connectivity index is 1.63. The van der Waals surface area contributed by atoms with E-state index in [2.05, 4.69) is 10.3 Å². The average molecular weight is 401 g/mol. The largest absolute Gasteiger partial charge is 0.459 e. The Kier molecular flexibility index (Phi) is 6.97. The van der Waals surface area contributed by atoms with Gasteiger partial charge in [0.25, 0.3) is 5.91 Å². The number of nitrogens with zero attached hydrogens (tertiary/aromatic N) is 1. The highest BCUT2D eigenvalue weighted by molar-refractivity contribution is 7.17. The highest BCUT2D eigenvalue weighted by Gasteiger charge is 2.18. The summed E-state index contributed by atoms with van der Waals surface area (Å²) >= 11 is 1.32. The van der Waals surface area contributed by atoms with Gasteiger partial charge in [-0.2, -0.15) is 0 Å². The minimum absolute atomic E-state index is 0.182. The Labute approximate surface area is 168 Å². The number of thiazole rings is 1. The van der Waals surface area contributed by atoms with Crippen LogP contribution in [0.5, 0.6) is 0 Å². The third-order valence-corrected chi connectivity index (χ3v) is 5.15. The van der Waals surface area contributed by atoms with Gasteiger partial charge >= 0.3 is 0 Å². The van der Waals surface area contributed by atoms with Crippen LogP contribution in [0.2, 0.25) is 0 Å². The van der Waals surface area contributed by atoms with Crippen molar-refractivity contribution in [3.05, 3.63) is 58.3 Å². The Morgan fingerprint density at radius 1 is 1.18 bits per heavy atom. The number of aromatic nitrogens is 1. The molecular formula is C21H24N2O4S. The predicted molar refractivity (Wildman–Crippen MR) is 110 cm³/mol. The molecule has 148 valence electrons. The molecule has 1 N–H and O–H groups in total. The number of furan rings is 1. The molecule has 0 unspecified atom stereocenters. The van der Waals surface area contributed by atoms with Gasteiger partial charge in [-0.15, -0.1) is 11.3 Å². The summed E-state index contributed by atoms with van der Waals surface area (Å²) in [6.45, 7) is 7.93. The monoisotopic (exact) mass is 400 g/mol. The molecule has 0 aliphatic carbocycles. The molecule has 0 fully saturated rings. The van der Waals surface area contributed by atoms with Gasteiger partial charge in [0, 0.05) is 12.3 Å². The van der Waals surface area contributed by atoms with Gasteiger partial charge in [0.05, 0.1) is 25.5 Å². The van der Waals surface area contributed by atoms with Gasteiger partial charge < -0.3 is 19.2 Å². The zero-order chi connectivity index (χ0) is 19.9. The second kappa shape index (κ2) is 9.64. The maximum atomic E-state index is 12.7. The molecule has 6 nitrogen and oxygen atoms in total. The first-order valence-electron chi connectivity index (χ1n) is 9.17. The summed E-state index contributed by atoms with van der Waals surface area (Å²) in [6.07, 6.45) is 0. The van der Waals surface area contributed by atoms with E-state index in [1.807, 2.05) is 57.2 Å². The number of carbonyl (C=O) groups is 1.